The number of nitrogens with two attached hydrogens (primary N) is 1. The summed E-state index contributed by atoms with van der Waals surface area (Å²) in [6.07, 6.45) is 3.81. The Bertz CT molecular complexity index is 113. The number of nitrogens with one attached hydrogen (secondary N) is 1. The van der Waals surface area contributed by atoms with Crippen LogP contribution in [-0.4, -0.2) is 5.91 Å². The van der Waals surface area contributed by atoms with Crippen LogP contribution in [0.15, 0.2) is 0 Å². The van der Waals surface area contributed by atoms with Crippen LogP contribution in [0.2, 0.25) is 0 Å². The van der Waals surface area contributed by atoms with Crippen LogP contribution in [-0.2, 0) is 4.79 Å². The van der Waals surface area contributed by atoms with E-state index in [-0.39, 0.29) is 5.91 Å². The number of rotatable bonds is 5. The molecule has 1 amide bonds. The molecular formula is C10H24N2O. The van der Waals surface area contributed by atoms with E-state index in [1.807, 2.05) is 13.8 Å². The molecule has 80 valence electrons. The molecule has 0 spiro atoms. The predicted octanol–water partition coefficient (Wildman–Crippen LogP) is 2.22. The Balaban J connectivity index is 0. The molecule has 0 saturated carbocycles. The third-order valence-corrected chi connectivity index (χ3v) is 1.60. The fraction of sp³-hybridized carbons (Fsp3) is 0.900. The van der Waals surface area contributed by atoms with Crippen LogP contribution in [0.4, 0.5) is 0 Å². The fourth-order valence-electron chi connectivity index (χ4n) is 0.910. The van der Waals surface area contributed by atoms with Crippen molar-refractivity contribution in [1.29, 1.82) is 0 Å². The monoisotopic (exact) mass is 188 g/mol. The number of amides is 1. The molecule has 0 bridgehead atoms. The molecule has 0 fully saturated rings. The molecule has 13 heavy (non-hydrogen) atoms. The smallest absolute Gasteiger partial charge is 0.233 e. The summed E-state index contributed by atoms with van der Waals surface area (Å²) in [6, 6.07) is 0. The number of hydrazine groups is 1. The van der Waals surface area contributed by atoms with Gasteiger partial charge in [-0.05, 0) is 12.3 Å². The molecule has 0 aliphatic carbocycles. The lowest BCUT2D eigenvalue weighted by molar-refractivity contribution is -0.121. The van der Waals surface area contributed by atoms with Gasteiger partial charge in [-0.3, -0.25) is 10.2 Å². The van der Waals surface area contributed by atoms with Crippen molar-refractivity contribution in [2.45, 2.75) is 53.4 Å². The number of carbonyl (C=O) groups is 1. The Morgan fingerprint density at radius 3 is 2.23 bits per heavy atom. The minimum atomic E-state index is -0.0613. The maximum Gasteiger partial charge on any atom is 0.233 e. The van der Waals surface area contributed by atoms with Crippen molar-refractivity contribution >= 4 is 5.91 Å². The zero-order valence-electron chi connectivity index (χ0n) is 9.39. The van der Waals surface area contributed by atoms with Crippen molar-refractivity contribution in [3.8, 4) is 0 Å². The molecule has 3 nitrogen and oxygen atoms in total. The van der Waals surface area contributed by atoms with E-state index < -0.39 is 0 Å². The summed E-state index contributed by atoms with van der Waals surface area (Å²) < 4.78 is 0. The van der Waals surface area contributed by atoms with Gasteiger partial charge in [0.1, 0.15) is 0 Å². The summed E-state index contributed by atoms with van der Waals surface area (Å²) in [5.41, 5.74) is 2.11. The van der Waals surface area contributed by atoms with E-state index in [1.54, 1.807) is 0 Å². The average Bonchev–Trinajstić information content (AvgIpc) is 2.15. The van der Waals surface area contributed by atoms with Gasteiger partial charge in [0.15, 0.2) is 0 Å². The molecule has 0 aromatic carbocycles. The number of hydrogen-bond acceptors (Lipinski definition) is 2. The Morgan fingerprint density at radius 1 is 1.31 bits per heavy atom. The van der Waals surface area contributed by atoms with Crippen LogP contribution in [0.3, 0.4) is 0 Å². The van der Waals surface area contributed by atoms with Gasteiger partial charge in [-0.25, -0.2) is 5.84 Å². The molecule has 0 aromatic rings. The number of hydrogen-bond donors (Lipinski definition) is 2. The van der Waals surface area contributed by atoms with Gasteiger partial charge in [-0.2, -0.15) is 0 Å². The van der Waals surface area contributed by atoms with E-state index in [9.17, 15) is 4.79 Å². The summed E-state index contributed by atoms with van der Waals surface area (Å²) in [5, 5.41) is 0. The summed E-state index contributed by atoms with van der Waals surface area (Å²) in [5.74, 6) is 5.59. The largest absolute Gasteiger partial charge is 0.294 e. The van der Waals surface area contributed by atoms with E-state index in [1.165, 1.54) is 6.42 Å². The van der Waals surface area contributed by atoms with Crippen LogP contribution in [0, 0.1) is 5.92 Å². The predicted molar refractivity (Wildman–Crippen MR) is 57.0 cm³/mol. The second-order valence-electron chi connectivity index (χ2n) is 3.21. The lowest BCUT2D eigenvalue weighted by atomic mass is 10.1. The lowest BCUT2D eigenvalue weighted by Crippen LogP contribution is -2.29. The van der Waals surface area contributed by atoms with E-state index in [0.717, 1.165) is 18.8 Å². The van der Waals surface area contributed by atoms with Crippen LogP contribution >= 0.6 is 0 Å². The van der Waals surface area contributed by atoms with Crippen molar-refractivity contribution in [1.82, 2.24) is 5.43 Å². The normalized spacial score (nSPS) is 9.08. The molecule has 3 N–H and O–H groups in total. The van der Waals surface area contributed by atoms with Gasteiger partial charge in [0.25, 0.3) is 0 Å². The first-order valence-corrected chi connectivity index (χ1v) is 5.16. The van der Waals surface area contributed by atoms with E-state index >= 15 is 0 Å². The van der Waals surface area contributed by atoms with Gasteiger partial charge >= 0.3 is 0 Å². The van der Waals surface area contributed by atoms with Gasteiger partial charge in [0.2, 0.25) is 5.91 Å². The van der Waals surface area contributed by atoms with Crippen LogP contribution in [0.5, 0.6) is 0 Å². The minimum absolute atomic E-state index is 0.0613. The Morgan fingerprint density at radius 2 is 1.85 bits per heavy atom. The second-order valence-corrected chi connectivity index (χ2v) is 3.21. The molecule has 0 saturated heterocycles. The van der Waals surface area contributed by atoms with Crippen molar-refractivity contribution in [2.24, 2.45) is 11.8 Å². The van der Waals surface area contributed by atoms with Crippen LogP contribution in [0.1, 0.15) is 53.4 Å². The molecule has 0 aliphatic heterocycles. The minimum Gasteiger partial charge on any atom is -0.294 e. The van der Waals surface area contributed by atoms with E-state index in [4.69, 9.17) is 5.84 Å². The van der Waals surface area contributed by atoms with Crippen molar-refractivity contribution < 1.29 is 4.79 Å². The summed E-state index contributed by atoms with van der Waals surface area (Å²) in [4.78, 5) is 10.6. The molecule has 3 heteroatoms. The first-order valence-electron chi connectivity index (χ1n) is 5.16. The van der Waals surface area contributed by atoms with E-state index in [2.05, 4.69) is 19.3 Å². The highest BCUT2D eigenvalue weighted by Crippen LogP contribution is 2.07. The zero-order valence-corrected chi connectivity index (χ0v) is 9.39. The third-order valence-electron chi connectivity index (χ3n) is 1.60. The lowest BCUT2D eigenvalue weighted by Gasteiger charge is -2.02. The molecule has 0 unspecified atom stereocenters. The van der Waals surface area contributed by atoms with Gasteiger partial charge < -0.3 is 0 Å². The molecule has 0 aliphatic rings. The molecule has 0 radical (unpaired) electrons. The third kappa shape index (κ3) is 14.3. The van der Waals surface area contributed by atoms with Crippen molar-refractivity contribution in [3.63, 3.8) is 0 Å². The highest BCUT2D eigenvalue weighted by atomic mass is 16.2. The van der Waals surface area contributed by atoms with E-state index in [0.29, 0.717) is 6.42 Å². The average molecular weight is 188 g/mol. The topological polar surface area (TPSA) is 55.1 Å². The Labute approximate surface area is 82.1 Å². The van der Waals surface area contributed by atoms with Gasteiger partial charge in [0, 0.05) is 6.42 Å². The summed E-state index contributed by atoms with van der Waals surface area (Å²) in [7, 11) is 0. The van der Waals surface area contributed by atoms with Crippen LogP contribution in [0.25, 0.3) is 0 Å². The maximum absolute atomic E-state index is 10.6. The number of unbranched alkanes of at least 4 members (excludes halogenated alkanes) is 1. The molecule has 0 aromatic heterocycles. The molecule has 0 rings (SSSR count). The maximum atomic E-state index is 10.6. The summed E-state index contributed by atoms with van der Waals surface area (Å²) >= 11 is 0. The van der Waals surface area contributed by atoms with Crippen molar-refractivity contribution in [2.75, 3.05) is 0 Å². The second kappa shape index (κ2) is 11.4. The first-order chi connectivity index (χ1) is 6.16. The number of carbonyl (C=O) groups excluding carboxylic acids is 1. The first kappa shape index (κ1) is 14.9. The SMILES string of the molecule is CC.CC(C)CCCCC(=O)NN. The standard InChI is InChI=1S/C8H18N2O.C2H6/c1-7(2)5-3-4-6-8(11)10-9;1-2/h7H,3-6,9H2,1-2H3,(H,10,11);1-2H3. The quantitative estimate of drug-likeness (QED) is 0.301. The molecular weight excluding hydrogens is 164 g/mol. The highest BCUT2D eigenvalue weighted by Gasteiger charge is 1.98. The van der Waals surface area contributed by atoms with Crippen LogP contribution < -0.4 is 11.3 Å². The van der Waals surface area contributed by atoms with Crippen molar-refractivity contribution in [3.05, 3.63) is 0 Å². The molecule has 0 heterocycles. The Hall–Kier alpha value is -0.570. The zero-order chi connectivity index (χ0) is 10.7. The van der Waals surface area contributed by atoms with Gasteiger partial charge in [0.05, 0.1) is 0 Å². The summed E-state index contributed by atoms with van der Waals surface area (Å²) in [6.45, 7) is 8.37. The Kier molecular flexibility index (Phi) is 13.1. The fourth-order valence-corrected chi connectivity index (χ4v) is 0.910. The molecule has 0 atom stereocenters. The highest BCUT2D eigenvalue weighted by molar-refractivity contribution is 5.74. The van der Waals surface area contributed by atoms with Gasteiger partial charge in [-0.15, -0.1) is 0 Å². The van der Waals surface area contributed by atoms with Gasteiger partial charge in [-0.1, -0.05) is 40.5 Å².